The molecule has 0 spiro atoms. The largest absolute Gasteiger partial charge is 0.416 e. The van der Waals surface area contributed by atoms with Crippen molar-refractivity contribution in [3.63, 3.8) is 0 Å². The SMILES string of the molecule is CC(C)(C)[Si](C)(C)OCC1COC1n1ccc2cncnc21. The van der Waals surface area contributed by atoms with Crippen LogP contribution in [0.1, 0.15) is 27.0 Å². The maximum atomic E-state index is 6.35. The van der Waals surface area contributed by atoms with Gasteiger partial charge in [0.1, 0.15) is 18.2 Å². The summed E-state index contributed by atoms with van der Waals surface area (Å²) < 4.78 is 14.2. The monoisotopic (exact) mass is 319 g/mol. The van der Waals surface area contributed by atoms with E-state index in [2.05, 4.69) is 48.4 Å². The molecule has 0 aromatic carbocycles. The summed E-state index contributed by atoms with van der Waals surface area (Å²) in [6.45, 7) is 12.9. The molecule has 0 radical (unpaired) electrons. The molecule has 1 aliphatic heterocycles. The number of ether oxygens (including phenoxy) is 1. The number of nitrogens with zero attached hydrogens (tertiary/aromatic N) is 3. The lowest BCUT2D eigenvalue weighted by Gasteiger charge is -2.42. The first kappa shape index (κ1) is 15.6. The average Bonchev–Trinajstić information content (AvgIpc) is 2.80. The van der Waals surface area contributed by atoms with E-state index < -0.39 is 8.32 Å². The summed E-state index contributed by atoms with van der Waals surface area (Å²) in [7, 11) is -1.71. The molecule has 0 saturated carbocycles. The van der Waals surface area contributed by atoms with Gasteiger partial charge in [0, 0.05) is 30.3 Å². The van der Waals surface area contributed by atoms with Crippen molar-refractivity contribution in [2.24, 2.45) is 5.92 Å². The first-order valence-electron chi connectivity index (χ1n) is 7.82. The molecule has 2 unspecified atom stereocenters. The molecule has 5 nitrogen and oxygen atoms in total. The number of rotatable bonds is 4. The highest BCUT2D eigenvalue weighted by Crippen LogP contribution is 2.39. The standard InChI is InChI=1S/C16H25N3O2Si/c1-16(2,3)22(4,5)21-10-13-9-20-15(13)19-7-6-12-8-17-11-18-14(12)19/h6-8,11,13,15H,9-10H2,1-5H3. The molecule has 0 amide bonds. The smallest absolute Gasteiger partial charge is 0.191 e. The Kier molecular flexibility index (Phi) is 3.87. The van der Waals surface area contributed by atoms with Crippen LogP contribution in [0.3, 0.4) is 0 Å². The molecule has 2 aromatic heterocycles. The highest BCUT2D eigenvalue weighted by molar-refractivity contribution is 6.74. The molecule has 2 atom stereocenters. The lowest BCUT2D eigenvalue weighted by molar-refractivity contribution is -0.170. The van der Waals surface area contributed by atoms with Crippen LogP contribution in [0, 0.1) is 5.92 Å². The number of fused-ring (bicyclic) bond motifs is 1. The van der Waals surface area contributed by atoms with Crippen LogP contribution >= 0.6 is 0 Å². The van der Waals surface area contributed by atoms with Gasteiger partial charge in [0.25, 0.3) is 0 Å². The molecule has 0 N–H and O–H groups in total. The van der Waals surface area contributed by atoms with Gasteiger partial charge in [-0.05, 0) is 24.2 Å². The van der Waals surface area contributed by atoms with Gasteiger partial charge in [0.15, 0.2) is 8.32 Å². The van der Waals surface area contributed by atoms with Crippen molar-refractivity contribution in [3.8, 4) is 0 Å². The summed E-state index contributed by atoms with van der Waals surface area (Å²) in [5.74, 6) is 0.389. The highest BCUT2D eigenvalue weighted by Gasteiger charge is 2.41. The van der Waals surface area contributed by atoms with Crippen LogP contribution in [0.15, 0.2) is 24.8 Å². The minimum Gasteiger partial charge on any atom is -0.416 e. The number of hydrogen-bond acceptors (Lipinski definition) is 4. The molecule has 1 saturated heterocycles. The summed E-state index contributed by atoms with van der Waals surface area (Å²) in [5.41, 5.74) is 0.928. The van der Waals surface area contributed by atoms with Crippen LogP contribution in [-0.2, 0) is 9.16 Å². The second-order valence-corrected chi connectivity index (χ2v) is 12.4. The van der Waals surface area contributed by atoms with Crippen molar-refractivity contribution >= 4 is 19.4 Å². The zero-order valence-corrected chi connectivity index (χ0v) is 15.0. The van der Waals surface area contributed by atoms with E-state index in [0.717, 1.165) is 24.2 Å². The lowest BCUT2D eigenvalue weighted by Crippen LogP contribution is -2.46. The summed E-state index contributed by atoms with van der Waals surface area (Å²) in [6, 6.07) is 2.03. The average molecular weight is 319 g/mol. The molecule has 1 aliphatic rings. The Morgan fingerprint density at radius 2 is 2.18 bits per heavy atom. The Morgan fingerprint density at radius 3 is 2.82 bits per heavy atom. The second-order valence-electron chi connectivity index (χ2n) is 7.58. The zero-order valence-electron chi connectivity index (χ0n) is 14.0. The normalized spacial score (nSPS) is 22.8. The second kappa shape index (κ2) is 5.44. The van der Waals surface area contributed by atoms with Gasteiger partial charge in [-0.2, -0.15) is 0 Å². The van der Waals surface area contributed by atoms with Crippen molar-refractivity contribution in [2.45, 2.75) is 45.1 Å². The molecule has 3 rings (SSSR count). The third-order valence-corrected chi connectivity index (χ3v) is 9.50. The first-order valence-corrected chi connectivity index (χ1v) is 10.7. The van der Waals surface area contributed by atoms with Gasteiger partial charge in [-0.1, -0.05) is 20.8 Å². The van der Waals surface area contributed by atoms with Gasteiger partial charge in [-0.15, -0.1) is 0 Å². The summed E-state index contributed by atoms with van der Waals surface area (Å²) >= 11 is 0. The number of aromatic nitrogens is 3. The van der Waals surface area contributed by atoms with E-state index in [1.54, 1.807) is 6.33 Å². The molecular weight excluding hydrogens is 294 g/mol. The third-order valence-electron chi connectivity index (χ3n) is 5.00. The lowest BCUT2D eigenvalue weighted by atomic mass is 10.1. The van der Waals surface area contributed by atoms with E-state index in [0.29, 0.717) is 5.92 Å². The van der Waals surface area contributed by atoms with Crippen molar-refractivity contribution in [2.75, 3.05) is 13.2 Å². The van der Waals surface area contributed by atoms with E-state index in [1.807, 2.05) is 18.5 Å². The molecule has 3 heterocycles. The Balaban J connectivity index is 1.70. The first-order chi connectivity index (χ1) is 10.3. The fraction of sp³-hybridized carbons (Fsp3) is 0.625. The van der Waals surface area contributed by atoms with Gasteiger partial charge in [0.2, 0.25) is 0 Å². The van der Waals surface area contributed by atoms with Gasteiger partial charge >= 0.3 is 0 Å². The molecular formula is C16H25N3O2Si. The summed E-state index contributed by atoms with van der Waals surface area (Å²) in [6.07, 6.45) is 5.47. The van der Waals surface area contributed by atoms with Crippen LogP contribution in [-0.4, -0.2) is 36.1 Å². The van der Waals surface area contributed by atoms with Crippen molar-refractivity contribution in [1.82, 2.24) is 14.5 Å². The Morgan fingerprint density at radius 1 is 1.41 bits per heavy atom. The highest BCUT2D eigenvalue weighted by atomic mass is 28.4. The van der Waals surface area contributed by atoms with Gasteiger partial charge in [-0.25, -0.2) is 9.97 Å². The molecule has 0 aliphatic carbocycles. The van der Waals surface area contributed by atoms with Gasteiger partial charge in [-0.3, -0.25) is 0 Å². The minimum atomic E-state index is -1.71. The third kappa shape index (κ3) is 2.71. The molecule has 6 heteroatoms. The van der Waals surface area contributed by atoms with Crippen molar-refractivity contribution in [1.29, 1.82) is 0 Å². The predicted octanol–water partition coefficient (Wildman–Crippen LogP) is 3.60. The van der Waals surface area contributed by atoms with Crippen LogP contribution in [0.25, 0.3) is 11.0 Å². The van der Waals surface area contributed by atoms with E-state index in [1.165, 1.54) is 0 Å². The topological polar surface area (TPSA) is 49.2 Å². The fourth-order valence-electron chi connectivity index (χ4n) is 2.39. The fourth-order valence-corrected chi connectivity index (χ4v) is 3.46. The molecule has 1 fully saturated rings. The van der Waals surface area contributed by atoms with E-state index in [9.17, 15) is 0 Å². The molecule has 22 heavy (non-hydrogen) atoms. The molecule has 0 bridgehead atoms. The van der Waals surface area contributed by atoms with Crippen LogP contribution in [0.5, 0.6) is 0 Å². The maximum absolute atomic E-state index is 6.35. The van der Waals surface area contributed by atoms with Crippen LogP contribution in [0.4, 0.5) is 0 Å². The predicted molar refractivity (Wildman–Crippen MR) is 89.2 cm³/mol. The Labute approximate surface area is 132 Å². The van der Waals surface area contributed by atoms with Gasteiger partial charge < -0.3 is 13.7 Å². The van der Waals surface area contributed by atoms with E-state index in [-0.39, 0.29) is 11.3 Å². The zero-order chi connectivity index (χ0) is 16.0. The Bertz CT molecular complexity index is 663. The Hall–Kier alpha value is -1.24. The van der Waals surface area contributed by atoms with Crippen molar-refractivity contribution < 1.29 is 9.16 Å². The van der Waals surface area contributed by atoms with Crippen LogP contribution < -0.4 is 0 Å². The maximum Gasteiger partial charge on any atom is 0.191 e. The van der Waals surface area contributed by atoms with E-state index >= 15 is 0 Å². The summed E-state index contributed by atoms with van der Waals surface area (Å²) in [5, 5.41) is 1.28. The number of hydrogen-bond donors (Lipinski definition) is 0. The van der Waals surface area contributed by atoms with Gasteiger partial charge in [0.05, 0.1) is 6.61 Å². The summed E-state index contributed by atoms with van der Waals surface area (Å²) in [4.78, 5) is 8.43. The van der Waals surface area contributed by atoms with Crippen LogP contribution in [0.2, 0.25) is 18.1 Å². The van der Waals surface area contributed by atoms with Crippen molar-refractivity contribution in [3.05, 3.63) is 24.8 Å². The molecule has 120 valence electrons. The quantitative estimate of drug-likeness (QED) is 0.808. The molecule has 2 aromatic rings. The van der Waals surface area contributed by atoms with E-state index in [4.69, 9.17) is 9.16 Å². The minimum absolute atomic E-state index is 0.0252.